The van der Waals surface area contributed by atoms with Crippen molar-refractivity contribution in [2.75, 3.05) is 0 Å². The molecule has 0 saturated carbocycles. The van der Waals surface area contributed by atoms with Crippen molar-refractivity contribution in [3.05, 3.63) is 69.7 Å². The second-order valence-electron chi connectivity index (χ2n) is 4.69. The summed E-state index contributed by atoms with van der Waals surface area (Å²) >= 11 is 3.42. The molecule has 0 aliphatic heterocycles. The van der Waals surface area contributed by atoms with Crippen LogP contribution >= 0.6 is 15.9 Å². The van der Waals surface area contributed by atoms with Gasteiger partial charge in [0.15, 0.2) is 0 Å². The number of carbonyl (C=O) groups is 1. The van der Waals surface area contributed by atoms with E-state index in [0.29, 0.717) is 6.42 Å². The number of primary amides is 1. The summed E-state index contributed by atoms with van der Waals surface area (Å²) in [6.07, 6.45) is 0.324. The fourth-order valence-corrected chi connectivity index (χ4v) is 2.39. The minimum atomic E-state index is -0.284. The Bertz CT molecular complexity index is 515. The number of hydrogen-bond acceptors (Lipinski definition) is 1. The maximum Gasteiger partial charge on any atom is 0.218 e. The van der Waals surface area contributed by atoms with E-state index in [0.717, 1.165) is 15.6 Å². The number of hydrogen-bond donors (Lipinski definition) is 1. The number of amides is 1. The van der Waals surface area contributed by atoms with Crippen LogP contribution in [0.4, 0.5) is 0 Å². The predicted octanol–water partition coefficient (Wildman–Crippen LogP) is 3.76. The molecule has 0 saturated heterocycles. The van der Waals surface area contributed by atoms with Gasteiger partial charge in [-0.3, -0.25) is 4.79 Å². The topological polar surface area (TPSA) is 43.1 Å². The zero-order chi connectivity index (χ0) is 13.8. The maximum absolute atomic E-state index is 11.3. The largest absolute Gasteiger partial charge is 0.370 e. The summed E-state index contributed by atoms with van der Waals surface area (Å²) in [5.74, 6) is -0.264. The van der Waals surface area contributed by atoms with E-state index in [-0.39, 0.29) is 11.8 Å². The van der Waals surface area contributed by atoms with Crippen LogP contribution in [0.5, 0.6) is 0 Å². The first-order valence-corrected chi connectivity index (χ1v) is 6.96. The molecule has 0 fully saturated rings. The van der Waals surface area contributed by atoms with Crippen molar-refractivity contribution in [2.45, 2.75) is 19.3 Å². The Balaban J connectivity index is 2.37. The maximum atomic E-state index is 11.3. The lowest BCUT2D eigenvalue weighted by Crippen LogP contribution is -2.16. The fraction of sp³-hybridized carbons (Fsp3) is 0.188. The Morgan fingerprint density at radius 1 is 1.05 bits per heavy atom. The average Bonchev–Trinajstić information content (AvgIpc) is 2.38. The standard InChI is InChI=1S/C16H16BrNO/c1-11-2-4-12(5-3-11)15(10-16(18)19)13-6-8-14(17)9-7-13/h2-9,15H,10H2,1H3,(H2,18,19)/t15-/m1/s1. The SMILES string of the molecule is Cc1ccc([C@@H](CC(N)=O)c2ccc(Br)cc2)cc1. The van der Waals surface area contributed by atoms with Gasteiger partial charge in [-0.2, -0.15) is 0 Å². The first-order valence-electron chi connectivity index (χ1n) is 6.16. The zero-order valence-electron chi connectivity index (χ0n) is 10.8. The minimum Gasteiger partial charge on any atom is -0.370 e. The van der Waals surface area contributed by atoms with Gasteiger partial charge in [-0.25, -0.2) is 0 Å². The van der Waals surface area contributed by atoms with E-state index in [4.69, 9.17) is 5.73 Å². The van der Waals surface area contributed by atoms with E-state index in [9.17, 15) is 4.79 Å². The highest BCUT2D eigenvalue weighted by Gasteiger charge is 2.16. The Hall–Kier alpha value is -1.61. The van der Waals surface area contributed by atoms with Crippen LogP contribution in [0.25, 0.3) is 0 Å². The van der Waals surface area contributed by atoms with E-state index in [2.05, 4.69) is 40.2 Å². The van der Waals surface area contributed by atoms with Gasteiger partial charge in [-0.15, -0.1) is 0 Å². The van der Waals surface area contributed by atoms with Crippen molar-refractivity contribution in [3.8, 4) is 0 Å². The molecule has 0 bridgehead atoms. The molecule has 2 N–H and O–H groups in total. The van der Waals surface area contributed by atoms with E-state index < -0.39 is 0 Å². The van der Waals surface area contributed by atoms with Gasteiger partial charge in [0.05, 0.1) is 0 Å². The molecule has 2 rings (SSSR count). The van der Waals surface area contributed by atoms with E-state index in [1.807, 2.05) is 31.2 Å². The monoisotopic (exact) mass is 317 g/mol. The molecular formula is C16H16BrNO. The van der Waals surface area contributed by atoms with Gasteiger partial charge in [0.25, 0.3) is 0 Å². The first kappa shape index (κ1) is 13.8. The second-order valence-corrected chi connectivity index (χ2v) is 5.60. The van der Waals surface area contributed by atoms with Crippen LogP contribution in [0, 0.1) is 6.92 Å². The number of benzene rings is 2. The molecule has 1 amide bonds. The van der Waals surface area contributed by atoms with Gasteiger partial charge < -0.3 is 5.73 Å². The predicted molar refractivity (Wildman–Crippen MR) is 81.0 cm³/mol. The fourth-order valence-electron chi connectivity index (χ4n) is 2.12. The van der Waals surface area contributed by atoms with Crippen molar-refractivity contribution in [1.82, 2.24) is 0 Å². The zero-order valence-corrected chi connectivity index (χ0v) is 12.4. The van der Waals surface area contributed by atoms with Gasteiger partial charge in [0.2, 0.25) is 5.91 Å². The van der Waals surface area contributed by atoms with Crippen molar-refractivity contribution in [2.24, 2.45) is 5.73 Å². The summed E-state index contributed by atoms with van der Waals surface area (Å²) in [4.78, 5) is 11.3. The minimum absolute atomic E-state index is 0.0196. The molecule has 2 nitrogen and oxygen atoms in total. The number of halogens is 1. The van der Waals surface area contributed by atoms with Gasteiger partial charge in [-0.1, -0.05) is 57.9 Å². The summed E-state index contributed by atoms with van der Waals surface area (Å²) in [5.41, 5.74) is 8.81. The number of rotatable bonds is 4. The average molecular weight is 318 g/mol. The summed E-state index contributed by atoms with van der Waals surface area (Å²) in [5, 5.41) is 0. The van der Waals surface area contributed by atoms with E-state index >= 15 is 0 Å². The van der Waals surface area contributed by atoms with Crippen LogP contribution in [0.2, 0.25) is 0 Å². The third-order valence-electron chi connectivity index (χ3n) is 3.16. The molecule has 0 spiro atoms. The molecule has 3 heteroatoms. The Morgan fingerprint density at radius 3 is 2.00 bits per heavy atom. The lowest BCUT2D eigenvalue weighted by molar-refractivity contribution is -0.118. The Kier molecular flexibility index (Phi) is 4.38. The van der Waals surface area contributed by atoms with E-state index in [1.165, 1.54) is 5.56 Å². The molecule has 0 aliphatic carbocycles. The Labute approximate surface area is 121 Å². The molecule has 98 valence electrons. The summed E-state index contributed by atoms with van der Waals surface area (Å²) < 4.78 is 1.03. The molecule has 0 unspecified atom stereocenters. The lowest BCUT2D eigenvalue weighted by atomic mass is 9.88. The number of carbonyl (C=O) groups excluding carboxylic acids is 1. The molecule has 1 atom stereocenters. The van der Waals surface area contributed by atoms with Crippen molar-refractivity contribution < 1.29 is 4.79 Å². The smallest absolute Gasteiger partial charge is 0.218 e. The van der Waals surface area contributed by atoms with Crippen LogP contribution in [0.3, 0.4) is 0 Å². The van der Waals surface area contributed by atoms with Crippen molar-refractivity contribution in [1.29, 1.82) is 0 Å². The number of aryl methyl sites for hydroxylation is 1. The normalized spacial score (nSPS) is 12.1. The first-order chi connectivity index (χ1) is 9.06. The third-order valence-corrected chi connectivity index (χ3v) is 3.69. The molecular weight excluding hydrogens is 302 g/mol. The highest BCUT2D eigenvalue weighted by atomic mass is 79.9. The van der Waals surface area contributed by atoms with Crippen LogP contribution in [0.15, 0.2) is 53.0 Å². The van der Waals surface area contributed by atoms with Gasteiger partial charge in [-0.05, 0) is 30.2 Å². The second kappa shape index (κ2) is 6.02. The molecule has 0 aliphatic rings. The van der Waals surface area contributed by atoms with E-state index in [1.54, 1.807) is 0 Å². The number of nitrogens with two attached hydrogens (primary N) is 1. The molecule has 0 aromatic heterocycles. The van der Waals surface area contributed by atoms with Gasteiger partial charge in [0, 0.05) is 16.8 Å². The quantitative estimate of drug-likeness (QED) is 0.916. The summed E-state index contributed by atoms with van der Waals surface area (Å²) in [6.45, 7) is 2.05. The molecule has 2 aromatic carbocycles. The highest BCUT2D eigenvalue weighted by Crippen LogP contribution is 2.29. The lowest BCUT2D eigenvalue weighted by Gasteiger charge is -2.17. The van der Waals surface area contributed by atoms with Crippen LogP contribution in [0.1, 0.15) is 29.0 Å². The molecule has 19 heavy (non-hydrogen) atoms. The van der Waals surface area contributed by atoms with Crippen LogP contribution in [-0.4, -0.2) is 5.91 Å². The van der Waals surface area contributed by atoms with Gasteiger partial charge >= 0.3 is 0 Å². The third kappa shape index (κ3) is 3.67. The van der Waals surface area contributed by atoms with Crippen LogP contribution in [-0.2, 0) is 4.79 Å². The van der Waals surface area contributed by atoms with Crippen molar-refractivity contribution >= 4 is 21.8 Å². The molecule has 0 radical (unpaired) electrons. The highest BCUT2D eigenvalue weighted by molar-refractivity contribution is 9.10. The Morgan fingerprint density at radius 2 is 1.53 bits per heavy atom. The van der Waals surface area contributed by atoms with Crippen molar-refractivity contribution in [3.63, 3.8) is 0 Å². The van der Waals surface area contributed by atoms with Crippen LogP contribution < -0.4 is 5.73 Å². The molecule has 0 heterocycles. The van der Waals surface area contributed by atoms with Gasteiger partial charge in [0.1, 0.15) is 0 Å². The summed E-state index contributed by atoms with van der Waals surface area (Å²) in [6, 6.07) is 16.3. The molecule has 2 aromatic rings. The summed E-state index contributed by atoms with van der Waals surface area (Å²) in [7, 11) is 0.